The molecule has 26 N–H and O–H groups in total. The van der Waals surface area contributed by atoms with Crippen molar-refractivity contribution in [3.63, 3.8) is 0 Å². The van der Waals surface area contributed by atoms with Crippen molar-refractivity contribution >= 4 is 5.78 Å². The standard InChI is InChI=1S/C48H78O42/c49-1-8-15(56)38(71)47(74,39(72)37-17(58)16(57)23(64)40(73)82-37)48(75,89-8)90-36-29(70)46-81-14(7-55)35(36)88-45-28(69)22(63)33(12(5-53)80-45)86-43-26(67)20(61)31(10(3-51)78-43)84-41-24(65)18(59)30(9(2-50)76-41)83-42-25(66)19(60)32(11(4-52)77-42)85-44-27(68)21(62)34(87-46)13(6-54)79-44/h8-38,40-46,49-71,73-75H,1-7H2/t8-,9-,10-,11-,12-,13-,14-,15-,16?,17?,18-,19-,20-,21-,22-,23?,24-,25-,26-,27-,28-,29-,30-,31-,32-,33-,34-,35+,36-,37?,38+,40?,41-,42-,43-,44-,45-,46-,47-,48?/m1/s1. The zero-order valence-electron chi connectivity index (χ0n) is 46.5. The van der Waals surface area contributed by atoms with Crippen molar-refractivity contribution in [2.45, 2.75) is 245 Å². The summed E-state index contributed by atoms with van der Waals surface area (Å²) in [5, 5.41) is 290. The fourth-order valence-corrected chi connectivity index (χ4v) is 12.1. The lowest BCUT2D eigenvalue weighted by Gasteiger charge is -2.55. The molecule has 24 rings (SSSR count). The van der Waals surface area contributed by atoms with Crippen molar-refractivity contribution < 1.29 is 209 Å². The first kappa shape index (κ1) is 72.3. The van der Waals surface area contributed by atoms with Crippen LogP contribution in [0.25, 0.3) is 0 Å². The minimum absolute atomic E-state index is 1.08. The Labute approximate surface area is 504 Å². The highest BCUT2D eigenvalue weighted by Crippen LogP contribution is 2.45. The highest BCUT2D eigenvalue weighted by Gasteiger charge is 2.73. The molecular formula is C48H78O42. The SMILES string of the molecule is O=C(C1OC(O)C(O)C(O)C1O)[C@]1(O)[C@@H](O)[C@H](O)[C@@H](CO)OC1(O)O[C@@H]1[C@@H](O)[C@H]2O[C@H]3[C@H](O)[C@@H](O)[C@@H](O[C@H]4[C@H](O)[C@@H](O)[C@@H](O[C@H]5[C@H](O)[C@@H](O)[C@@H](O[C@H]6[C@H](O)[C@@H](O)[C@@H](O[C@H]7[C@H](O)[C@@H](O)[C@@H](O[C@H]1[C@@H](CO)O2)O[C@@H]7CO)O[C@@H]6CO)O[C@@H]5CO)O[C@@H]4CO)O[C@@H]3CO. The maximum absolute atomic E-state index is 14.5. The summed E-state index contributed by atoms with van der Waals surface area (Å²) in [6.07, 6.45) is -88.9. The van der Waals surface area contributed by atoms with Gasteiger partial charge < -0.3 is 204 Å². The van der Waals surface area contributed by atoms with E-state index in [1.165, 1.54) is 0 Å². The van der Waals surface area contributed by atoms with Gasteiger partial charge in [-0.3, -0.25) is 4.79 Å². The summed E-state index contributed by atoms with van der Waals surface area (Å²) < 4.78 is 84.8. The van der Waals surface area contributed by atoms with E-state index in [9.17, 15) is 138 Å². The van der Waals surface area contributed by atoms with Crippen molar-refractivity contribution in [2.24, 2.45) is 0 Å². The summed E-state index contributed by atoms with van der Waals surface area (Å²) in [5.41, 5.74) is -4.40. The van der Waals surface area contributed by atoms with E-state index >= 15 is 0 Å². The Balaban J connectivity index is 1.10. The predicted molar refractivity (Wildman–Crippen MR) is 262 cm³/mol. The summed E-state index contributed by atoms with van der Waals surface area (Å²) >= 11 is 0. The number of rotatable bonds is 11. The molecule has 0 aromatic carbocycles. The van der Waals surface area contributed by atoms with Crippen LogP contribution in [-0.4, -0.2) is 430 Å². The predicted octanol–water partition coefficient (Wildman–Crippen LogP) is -19.2. The summed E-state index contributed by atoms with van der Waals surface area (Å²) in [6.45, 7) is -8.79. The maximum Gasteiger partial charge on any atom is 0.322 e. The molecule has 42 heteroatoms. The molecule has 12 bridgehead atoms. The van der Waals surface area contributed by atoms with Crippen LogP contribution in [0, 0.1) is 0 Å². The minimum atomic E-state index is -4.46. The fraction of sp³-hybridized carbons (Fsp3) is 0.979. The average Bonchev–Trinajstić information content (AvgIpc) is 0.716. The fourth-order valence-electron chi connectivity index (χ4n) is 12.1. The number of carbonyl (C=O) groups is 1. The van der Waals surface area contributed by atoms with Gasteiger partial charge in [-0.1, -0.05) is 0 Å². The third-order valence-electron chi connectivity index (χ3n) is 17.3. The Bertz CT molecular complexity index is 2310. The molecular weight excluding hydrogens is 1250 g/mol. The van der Waals surface area contributed by atoms with Crippen molar-refractivity contribution in [1.82, 2.24) is 0 Å². The first-order valence-corrected chi connectivity index (χ1v) is 28.2. The summed E-state index contributed by atoms with van der Waals surface area (Å²) in [4.78, 5) is 14.5. The van der Waals surface area contributed by atoms with Crippen LogP contribution in [-0.2, 0) is 75.8 Å². The van der Waals surface area contributed by atoms with E-state index < -0.39 is 297 Å². The van der Waals surface area contributed by atoms with Crippen LogP contribution in [0.1, 0.15) is 0 Å². The number of aliphatic hydroxyl groups is 26. The lowest BCUT2D eigenvalue weighted by atomic mass is 9.77. The maximum atomic E-state index is 14.5. The number of carbonyl (C=O) groups excluding carboxylic acids is 1. The smallest absolute Gasteiger partial charge is 0.322 e. The van der Waals surface area contributed by atoms with Gasteiger partial charge in [-0.25, -0.2) is 0 Å². The molecule has 24 aliphatic rings. The van der Waals surface area contributed by atoms with Crippen LogP contribution in [0.15, 0.2) is 0 Å². The molecule has 0 aliphatic carbocycles. The number of ether oxygens (including phenoxy) is 15. The van der Waals surface area contributed by atoms with Gasteiger partial charge in [-0.15, -0.1) is 0 Å². The average molecular weight is 1330 g/mol. The summed E-state index contributed by atoms with van der Waals surface area (Å²) in [5.74, 6) is -6.74. The van der Waals surface area contributed by atoms with Crippen molar-refractivity contribution in [2.75, 3.05) is 46.2 Å². The van der Waals surface area contributed by atoms with E-state index in [4.69, 9.17) is 71.1 Å². The summed E-state index contributed by atoms with van der Waals surface area (Å²) in [6, 6.07) is 0. The van der Waals surface area contributed by atoms with Gasteiger partial charge in [-0.05, 0) is 0 Å². The van der Waals surface area contributed by atoms with Gasteiger partial charge in [0.25, 0.3) is 0 Å². The van der Waals surface area contributed by atoms with Gasteiger partial charge in [0, 0.05) is 0 Å². The molecule has 40 atom stereocenters. The zero-order valence-corrected chi connectivity index (χ0v) is 46.5. The molecule has 24 saturated heterocycles. The third kappa shape index (κ3) is 13.0. The third-order valence-corrected chi connectivity index (χ3v) is 17.3. The molecule has 90 heavy (non-hydrogen) atoms. The monoisotopic (exact) mass is 1330 g/mol. The Morgan fingerprint density at radius 2 is 0.578 bits per heavy atom. The van der Waals surface area contributed by atoms with Gasteiger partial charge in [-0.2, -0.15) is 0 Å². The molecule has 24 fully saturated rings. The van der Waals surface area contributed by atoms with Crippen LogP contribution in [0.4, 0.5) is 0 Å². The normalized spacial score (nSPS) is 55.8. The first-order valence-electron chi connectivity index (χ1n) is 28.2. The van der Waals surface area contributed by atoms with E-state index in [2.05, 4.69) is 0 Å². The van der Waals surface area contributed by atoms with Crippen LogP contribution in [0.3, 0.4) is 0 Å². The molecule has 0 saturated carbocycles. The molecule has 24 aliphatic heterocycles. The molecule has 522 valence electrons. The molecule has 42 nitrogen and oxygen atoms in total. The minimum Gasteiger partial charge on any atom is -0.394 e. The summed E-state index contributed by atoms with van der Waals surface area (Å²) in [7, 11) is 0. The lowest BCUT2D eigenvalue weighted by Crippen LogP contribution is -2.81. The van der Waals surface area contributed by atoms with E-state index in [1.807, 2.05) is 0 Å². The first-order chi connectivity index (χ1) is 42.5. The molecule has 0 amide bonds. The van der Waals surface area contributed by atoms with Crippen molar-refractivity contribution in [1.29, 1.82) is 0 Å². The molecule has 0 spiro atoms. The number of hydrogen-bond donors (Lipinski definition) is 26. The Kier molecular flexibility index (Phi) is 23.3. The van der Waals surface area contributed by atoms with Crippen LogP contribution < -0.4 is 0 Å². The van der Waals surface area contributed by atoms with E-state index in [0.29, 0.717) is 0 Å². The van der Waals surface area contributed by atoms with E-state index in [-0.39, 0.29) is 0 Å². The van der Waals surface area contributed by atoms with Gasteiger partial charge in [0.15, 0.2) is 50.1 Å². The second kappa shape index (κ2) is 29.0. The van der Waals surface area contributed by atoms with Gasteiger partial charge in [0.05, 0.1) is 46.2 Å². The lowest BCUT2D eigenvalue weighted by molar-refractivity contribution is -0.496. The Hall–Kier alpha value is -1.97. The van der Waals surface area contributed by atoms with Crippen LogP contribution >= 0.6 is 0 Å². The number of aliphatic hydroxyl groups excluding tert-OH is 24. The van der Waals surface area contributed by atoms with Gasteiger partial charge >= 0.3 is 5.97 Å². The molecule has 6 unspecified atom stereocenters. The van der Waals surface area contributed by atoms with E-state index in [0.717, 1.165) is 0 Å². The van der Waals surface area contributed by atoms with Gasteiger partial charge in [0.2, 0.25) is 11.4 Å². The molecule has 0 aromatic heterocycles. The number of Topliss-reactive ketones (excluding diaryl/α,β-unsaturated/α-hetero) is 1. The number of hydrogen-bond acceptors (Lipinski definition) is 42. The molecule has 0 radical (unpaired) electrons. The van der Waals surface area contributed by atoms with Crippen molar-refractivity contribution in [3.05, 3.63) is 0 Å². The highest BCUT2D eigenvalue weighted by atomic mass is 16.9. The Morgan fingerprint density at radius 3 is 0.878 bits per heavy atom. The molecule has 0 aromatic rings. The van der Waals surface area contributed by atoms with Crippen molar-refractivity contribution in [3.8, 4) is 0 Å². The molecule has 24 heterocycles. The zero-order chi connectivity index (χ0) is 66.1. The highest BCUT2D eigenvalue weighted by molar-refractivity contribution is 5.93. The topological polar surface area (TPSA) is 682 Å². The van der Waals surface area contributed by atoms with Crippen LogP contribution in [0.2, 0.25) is 0 Å². The Morgan fingerprint density at radius 1 is 0.300 bits per heavy atom. The largest absolute Gasteiger partial charge is 0.394 e. The van der Waals surface area contributed by atoms with Crippen LogP contribution in [0.5, 0.6) is 0 Å². The second-order valence-corrected chi connectivity index (χ2v) is 22.8. The van der Waals surface area contributed by atoms with Gasteiger partial charge in [0.1, 0.15) is 183 Å². The second-order valence-electron chi connectivity index (χ2n) is 22.8. The van der Waals surface area contributed by atoms with E-state index in [1.54, 1.807) is 0 Å². The quantitative estimate of drug-likeness (QED) is 0.0854. The number of ketones is 1.